The SMILES string of the molecule is Cc1cccc(CCNc2ccc(S(=O)NC3CCOC3=O)cc2)c1. The van der Waals surface area contributed by atoms with Crippen LogP contribution < -0.4 is 10.0 Å². The highest BCUT2D eigenvalue weighted by molar-refractivity contribution is 7.83. The summed E-state index contributed by atoms with van der Waals surface area (Å²) in [7, 11) is -1.42. The highest BCUT2D eigenvalue weighted by Gasteiger charge is 2.28. The van der Waals surface area contributed by atoms with E-state index < -0.39 is 17.0 Å². The molecule has 1 heterocycles. The van der Waals surface area contributed by atoms with Crippen molar-refractivity contribution in [1.82, 2.24) is 4.72 Å². The minimum Gasteiger partial charge on any atom is -0.464 e. The van der Waals surface area contributed by atoms with E-state index in [4.69, 9.17) is 4.74 Å². The van der Waals surface area contributed by atoms with Crippen molar-refractivity contribution in [3.8, 4) is 0 Å². The molecule has 1 aliphatic heterocycles. The predicted octanol–water partition coefficient (Wildman–Crippen LogP) is 2.58. The quantitative estimate of drug-likeness (QED) is 0.747. The van der Waals surface area contributed by atoms with Crippen molar-refractivity contribution in [3.63, 3.8) is 0 Å². The zero-order chi connectivity index (χ0) is 17.6. The number of rotatable bonds is 7. The standard InChI is InChI=1S/C19H22N2O3S/c1-14-3-2-4-15(13-14)9-11-20-16-5-7-17(8-6-16)25(23)21-18-10-12-24-19(18)22/h2-8,13,18,20-21H,9-12H2,1H3. The van der Waals surface area contributed by atoms with Crippen LogP contribution in [0.3, 0.4) is 0 Å². The molecule has 6 heteroatoms. The fraction of sp³-hybridized carbons (Fsp3) is 0.316. The summed E-state index contributed by atoms with van der Waals surface area (Å²) >= 11 is 0. The van der Waals surface area contributed by atoms with E-state index in [1.807, 2.05) is 12.1 Å². The summed E-state index contributed by atoms with van der Waals surface area (Å²) in [6, 6.07) is 15.4. The zero-order valence-electron chi connectivity index (χ0n) is 14.2. The minimum atomic E-state index is -1.42. The summed E-state index contributed by atoms with van der Waals surface area (Å²) in [5, 5.41) is 3.37. The Kier molecular flexibility index (Phi) is 5.83. The topological polar surface area (TPSA) is 67.4 Å². The molecule has 2 unspecified atom stereocenters. The maximum Gasteiger partial charge on any atom is 0.324 e. The molecule has 0 amide bonds. The van der Waals surface area contributed by atoms with Gasteiger partial charge in [-0.3, -0.25) is 4.79 Å². The number of hydrogen-bond acceptors (Lipinski definition) is 4. The number of benzene rings is 2. The fourth-order valence-corrected chi connectivity index (χ4v) is 3.71. The fourth-order valence-electron chi connectivity index (χ4n) is 2.72. The largest absolute Gasteiger partial charge is 0.464 e. The Labute approximate surface area is 150 Å². The molecule has 0 spiro atoms. The lowest BCUT2D eigenvalue weighted by molar-refractivity contribution is -0.139. The van der Waals surface area contributed by atoms with E-state index in [0.717, 1.165) is 18.7 Å². The molecule has 0 saturated carbocycles. The van der Waals surface area contributed by atoms with E-state index in [1.54, 1.807) is 12.1 Å². The second-order valence-electron chi connectivity index (χ2n) is 6.09. The van der Waals surface area contributed by atoms with E-state index in [1.165, 1.54) is 11.1 Å². The minimum absolute atomic E-state index is 0.331. The summed E-state index contributed by atoms with van der Waals surface area (Å²) in [6.45, 7) is 3.31. The summed E-state index contributed by atoms with van der Waals surface area (Å²) in [5.74, 6) is -0.331. The highest BCUT2D eigenvalue weighted by atomic mass is 32.2. The Balaban J connectivity index is 1.49. The van der Waals surface area contributed by atoms with Gasteiger partial charge in [-0.15, -0.1) is 0 Å². The van der Waals surface area contributed by atoms with E-state index in [9.17, 15) is 9.00 Å². The summed E-state index contributed by atoms with van der Waals surface area (Å²) < 4.78 is 19.9. The number of anilines is 1. The van der Waals surface area contributed by atoms with E-state index in [-0.39, 0.29) is 5.97 Å². The Morgan fingerprint density at radius 3 is 2.68 bits per heavy atom. The Morgan fingerprint density at radius 2 is 2.00 bits per heavy atom. The van der Waals surface area contributed by atoms with Crippen LogP contribution in [-0.4, -0.2) is 29.4 Å². The maximum atomic E-state index is 12.3. The average molecular weight is 358 g/mol. The van der Waals surface area contributed by atoms with Crippen LogP contribution in [0.5, 0.6) is 0 Å². The van der Waals surface area contributed by atoms with Crippen LogP contribution in [-0.2, 0) is 26.9 Å². The van der Waals surface area contributed by atoms with Crippen molar-refractivity contribution in [2.45, 2.75) is 30.7 Å². The summed E-state index contributed by atoms with van der Waals surface area (Å²) in [6.07, 6.45) is 1.50. The second-order valence-corrected chi connectivity index (χ2v) is 7.33. The molecular formula is C19H22N2O3S. The maximum absolute atomic E-state index is 12.3. The van der Waals surface area contributed by atoms with Gasteiger partial charge in [0.2, 0.25) is 0 Å². The first kappa shape index (κ1) is 17.6. The van der Waals surface area contributed by atoms with Crippen LogP contribution >= 0.6 is 0 Å². The number of hydrogen-bond donors (Lipinski definition) is 2. The molecule has 2 aromatic rings. The monoisotopic (exact) mass is 358 g/mol. The van der Waals surface area contributed by atoms with Crippen LogP contribution in [0.2, 0.25) is 0 Å². The van der Waals surface area contributed by atoms with Crippen LogP contribution in [0.15, 0.2) is 53.4 Å². The predicted molar refractivity (Wildman–Crippen MR) is 98.7 cm³/mol. The molecule has 0 aliphatic carbocycles. The molecule has 2 N–H and O–H groups in total. The third-order valence-corrected chi connectivity index (χ3v) is 5.28. The van der Waals surface area contributed by atoms with Crippen LogP contribution in [0.25, 0.3) is 0 Å². The highest BCUT2D eigenvalue weighted by Crippen LogP contribution is 2.14. The summed E-state index contributed by atoms with van der Waals surface area (Å²) in [4.78, 5) is 12.1. The number of carbonyl (C=O) groups is 1. The van der Waals surface area contributed by atoms with Crippen LogP contribution in [0.4, 0.5) is 5.69 Å². The molecule has 1 aliphatic rings. The number of cyclic esters (lactones) is 1. The Hall–Kier alpha value is -2.18. The first-order chi connectivity index (χ1) is 12.1. The molecular weight excluding hydrogens is 336 g/mol. The van der Waals surface area contributed by atoms with Gasteiger partial charge in [-0.2, -0.15) is 0 Å². The van der Waals surface area contributed by atoms with Crippen molar-refractivity contribution in [3.05, 3.63) is 59.7 Å². The van der Waals surface area contributed by atoms with Crippen molar-refractivity contribution in [1.29, 1.82) is 0 Å². The molecule has 0 radical (unpaired) electrons. The summed E-state index contributed by atoms with van der Waals surface area (Å²) in [5.41, 5.74) is 3.55. The first-order valence-electron chi connectivity index (χ1n) is 8.36. The van der Waals surface area contributed by atoms with Crippen molar-refractivity contribution >= 4 is 22.6 Å². The molecule has 5 nitrogen and oxygen atoms in total. The smallest absolute Gasteiger partial charge is 0.324 e. The van der Waals surface area contributed by atoms with Gasteiger partial charge in [0.15, 0.2) is 0 Å². The Bertz CT molecular complexity index is 762. The number of ether oxygens (including phenoxy) is 1. The molecule has 132 valence electrons. The lowest BCUT2D eigenvalue weighted by Gasteiger charge is -2.10. The molecule has 0 bridgehead atoms. The normalized spacial score (nSPS) is 18.0. The lowest BCUT2D eigenvalue weighted by atomic mass is 10.1. The van der Waals surface area contributed by atoms with Gasteiger partial charge >= 0.3 is 5.97 Å². The third-order valence-electron chi connectivity index (χ3n) is 4.08. The second kappa shape index (κ2) is 8.27. The van der Waals surface area contributed by atoms with Crippen molar-refractivity contribution in [2.75, 3.05) is 18.5 Å². The molecule has 3 rings (SSSR count). The van der Waals surface area contributed by atoms with E-state index in [2.05, 4.69) is 41.2 Å². The van der Waals surface area contributed by atoms with Gasteiger partial charge in [0, 0.05) is 18.7 Å². The van der Waals surface area contributed by atoms with E-state index in [0.29, 0.717) is 17.9 Å². The van der Waals surface area contributed by atoms with Crippen LogP contribution in [0, 0.1) is 6.92 Å². The lowest BCUT2D eigenvalue weighted by Crippen LogP contribution is -2.34. The average Bonchev–Trinajstić information content (AvgIpc) is 3.00. The number of carbonyl (C=O) groups excluding carboxylic acids is 1. The number of esters is 1. The molecule has 2 aromatic carbocycles. The van der Waals surface area contributed by atoms with E-state index >= 15 is 0 Å². The first-order valence-corrected chi connectivity index (χ1v) is 9.51. The Morgan fingerprint density at radius 1 is 1.20 bits per heavy atom. The van der Waals surface area contributed by atoms with Gasteiger partial charge in [0.25, 0.3) is 0 Å². The molecule has 25 heavy (non-hydrogen) atoms. The van der Waals surface area contributed by atoms with Gasteiger partial charge in [-0.25, -0.2) is 8.93 Å². The van der Waals surface area contributed by atoms with Gasteiger partial charge in [0.05, 0.1) is 11.5 Å². The van der Waals surface area contributed by atoms with Crippen LogP contribution in [0.1, 0.15) is 17.5 Å². The van der Waals surface area contributed by atoms with Gasteiger partial charge in [-0.05, 0) is 43.2 Å². The van der Waals surface area contributed by atoms with Crippen molar-refractivity contribution < 1.29 is 13.7 Å². The molecule has 2 atom stereocenters. The molecule has 0 aromatic heterocycles. The third kappa shape index (κ3) is 4.90. The number of aryl methyl sites for hydroxylation is 1. The molecule has 1 saturated heterocycles. The number of nitrogens with one attached hydrogen (secondary N) is 2. The zero-order valence-corrected chi connectivity index (χ0v) is 15.0. The van der Waals surface area contributed by atoms with Crippen molar-refractivity contribution in [2.24, 2.45) is 0 Å². The van der Waals surface area contributed by atoms with Gasteiger partial charge in [-0.1, -0.05) is 29.8 Å². The van der Waals surface area contributed by atoms with Gasteiger partial charge < -0.3 is 10.1 Å². The molecule has 1 fully saturated rings. The van der Waals surface area contributed by atoms with Gasteiger partial charge in [0.1, 0.15) is 17.0 Å².